The predicted molar refractivity (Wildman–Crippen MR) is 110 cm³/mol. The van der Waals surface area contributed by atoms with Crippen molar-refractivity contribution in [1.29, 1.82) is 0 Å². The molecule has 0 radical (unpaired) electrons. The second-order valence-electron chi connectivity index (χ2n) is 8.09. The number of nitrogens with zero attached hydrogens (tertiary/aromatic N) is 2. The van der Waals surface area contributed by atoms with Crippen LogP contribution in [0.1, 0.15) is 44.8 Å². The van der Waals surface area contributed by atoms with E-state index in [1.807, 2.05) is 22.9 Å². The number of hydrogen-bond donors (Lipinski definition) is 1. The van der Waals surface area contributed by atoms with Gasteiger partial charge in [-0.3, -0.25) is 14.5 Å². The molecule has 0 bridgehead atoms. The summed E-state index contributed by atoms with van der Waals surface area (Å²) >= 11 is 6.02. The van der Waals surface area contributed by atoms with Gasteiger partial charge in [0.1, 0.15) is 6.54 Å². The molecule has 2 amide bonds. The molecule has 1 saturated carbocycles. The number of nitrogens with one attached hydrogen (secondary N) is 1. The Morgan fingerprint density at radius 3 is 2.64 bits per heavy atom. The van der Waals surface area contributed by atoms with E-state index in [0.717, 1.165) is 18.5 Å². The minimum absolute atomic E-state index is 0.101. The molecule has 2 heterocycles. The maximum absolute atomic E-state index is 13.4. The number of carbonyl (C=O) groups is 2. The second-order valence-corrected chi connectivity index (χ2v) is 8.52. The number of benzene rings is 1. The first-order valence-corrected chi connectivity index (χ1v) is 10.4. The number of hydrogen-bond acceptors (Lipinski definition) is 2. The SMILES string of the molecule is C[C@@H]1[C@H](C)CCC[C@@H]1NC(=O)[C@@H]1c2cccn2CC(=O)N1c1ccc(Cl)cc1. The van der Waals surface area contributed by atoms with Crippen LogP contribution >= 0.6 is 11.6 Å². The topological polar surface area (TPSA) is 54.3 Å². The van der Waals surface area contributed by atoms with Crippen LogP contribution in [-0.2, 0) is 16.1 Å². The van der Waals surface area contributed by atoms with Crippen molar-refractivity contribution in [2.75, 3.05) is 4.90 Å². The number of fused-ring (bicyclic) bond motifs is 1. The lowest BCUT2D eigenvalue weighted by Gasteiger charge is -2.39. The predicted octanol–water partition coefficient (Wildman–Crippen LogP) is 4.17. The minimum atomic E-state index is -0.679. The average molecular weight is 400 g/mol. The first kappa shape index (κ1) is 19.1. The molecular formula is C22H26ClN3O2. The highest BCUT2D eigenvalue weighted by molar-refractivity contribution is 6.30. The molecule has 1 aromatic heterocycles. The Morgan fingerprint density at radius 2 is 1.89 bits per heavy atom. The third-order valence-electron chi connectivity index (χ3n) is 6.36. The number of aromatic nitrogens is 1. The molecule has 2 aliphatic rings. The van der Waals surface area contributed by atoms with E-state index in [0.29, 0.717) is 22.5 Å². The fraction of sp³-hybridized carbons (Fsp3) is 0.455. The highest BCUT2D eigenvalue weighted by Crippen LogP contribution is 2.34. The summed E-state index contributed by atoms with van der Waals surface area (Å²) in [5, 5.41) is 3.86. The molecule has 2 aromatic rings. The third-order valence-corrected chi connectivity index (χ3v) is 6.62. The molecule has 148 valence electrons. The summed E-state index contributed by atoms with van der Waals surface area (Å²) in [5.74, 6) is 0.793. The van der Waals surface area contributed by atoms with Crippen LogP contribution in [0.25, 0.3) is 0 Å². The third kappa shape index (κ3) is 3.44. The molecule has 6 heteroatoms. The van der Waals surface area contributed by atoms with E-state index in [-0.39, 0.29) is 24.4 Å². The molecule has 1 aromatic carbocycles. The van der Waals surface area contributed by atoms with E-state index in [1.54, 1.807) is 29.2 Å². The number of amides is 2. The molecular weight excluding hydrogens is 374 g/mol. The smallest absolute Gasteiger partial charge is 0.249 e. The molecule has 5 nitrogen and oxygen atoms in total. The standard InChI is InChI=1S/C22H26ClN3O2/c1-14-5-3-6-18(15(14)2)24-22(28)21-19-7-4-12-25(19)13-20(27)26(21)17-10-8-16(23)9-11-17/h4,7-12,14-15,18,21H,3,5-6,13H2,1-2H3,(H,24,28)/t14-,15-,18+,21+/m1/s1. The fourth-order valence-electron chi connectivity index (χ4n) is 4.51. The highest BCUT2D eigenvalue weighted by Gasteiger charge is 2.40. The molecule has 4 rings (SSSR count). The lowest BCUT2D eigenvalue weighted by molar-refractivity contribution is -0.129. The summed E-state index contributed by atoms with van der Waals surface area (Å²) in [6.45, 7) is 4.68. The fourth-order valence-corrected chi connectivity index (χ4v) is 4.64. The molecule has 0 unspecified atom stereocenters. The molecule has 1 aliphatic carbocycles. The summed E-state index contributed by atoms with van der Waals surface area (Å²) < 4.78 is 1.87. The summed E-state index contributed by atoms with van der Waals surface area (Å²) in [4.78, 5) is 28.0. The summed E-state index contributed by atoms with van der Waals surface area (Å²) in [5.41, 5.74) is 1.52. The van der Waals surface area contributed by atoms with Crippen LogP contribution in [0.3, 0.4) is 0 Å². The van der Waals surface area contributed by atoms with E-state index in [1.165, 1.54) is 6.42 Å². The van der Waals surface area contributed by atoms with Gasteiger partial charge in [0.25, 0.3) is 0 Å². The maximum Gasteiger partial charge on any atom is 0.249 e. The van der Waals surface area contributed by atoms with E-state index < -0.39 is 6.04 Å². The van der Waals surface area contributed by atoms with Crippen LogP contribution in [0.15, 0.2) is 42.6 Å². The Balaban J connectivity index is 1.67. The molecule has 1 fully saturated rings. The minimum Gasteiger partial charge on any atom is -0.351 e. The molecule has 4 atom stereocenters. The largest absolute Gasteiger partial charge is 0.351 e. The Morgan fingerprint density at radius 1 is 1.14 bits per heavy atom. The first-order valence-electron chi connectivity index (χ1n) is 9.98. The van der Waals surface area contributed by atoms with Crippen LogP contribution in [0.4, 0.5) is 5.69 Å². The van der Waals surface area contributed by atoms with E-state index in [9.17, 15) is 9.59 Å². The van der Waals surface area contributed by atoms with Crippen molar-refractivity contribution in [2.45, 2.75) is 51.7 Å². The van der Waals surface area contributed by atoms with Gasteiger partial charge in [-0.1, -0.05) is 38.3 Å². The highest BCUT2D eigenvalue weighted by atomic mass is 35.5. The number of halogens is 1. The Bertz CT molecular complexity index is 876. The van der Waals surface area contributed by atoms with Gasteiger partial charge in [-0.2, -0.15) is 0 Å². The van der Waals surface area contributed by atoms with Crippen LogP contribution in [-0.4, -0.2) is 22.4 Å². The van der Waals surface area contributed by atoms with E-state index in [4.69, 9.17) is 11.6 Å². The van der Waals surface area contributed by atoms with Gasteiger partial charge in [0.15, 0.2) is 6.04 Å². The van der Waals surface area contributed by atoms with E-state index in [2.05, 4.69) is 19.2 Å². The van der Waals surface area contributed by atoms with Crippen molar-refractivity contribution in [1.82, 2.24) is 9.88 Å². The summed E-state index contributed by atoms with van der Waals surface area (Å²) in [6, 6.07) is 10.4. The molecule has 0 spiro atoms. The summed E-state index contributed by atoms with van der Waals surface area (Å²) in [6.07, 6.45) is 5.17. The van der Waals surface area contributed by atoms with Gasteiger partial charge in [0.2, 0.25) is 11.8 Å². The van der Waals surface area contributed by atoms with Crippen molar-refractivity contribution >= 4 is 29.1 Å². The first-order chi connectivity index (χ1) is 13.5. The number of anilines is 1. The van der Waals surface area contributed by atoms with Gasteiger partial charge >= 0.3 is 0 Å². The number of carbonyl (C=O) groups excluding carboxylic acids is 2. The Hall–Kier alpha value is -2.27. The van der Waals surface area contributed by atoms with Crippen LogP contribution in [0.2, 0.25) is 5.02 Å². The molecule has 1 N–H and O–H groups in total. The zero-order valence-electron chi connectivity index (χ0n) is 16.3. The molecule has 0 saturated heterocycles. The van der Waals surface area contributed by atoms with Crippen molar-refractivity contribution in [3.8, 4) is 0 Å². The normalized spacial score (nSPS) is 27.4. The molecule has 28 heavy (non-hydrogen) atoms. The quantitative estimate of drug-likeness (QED) is 0.842. The maximum atomic E-state index is 13.4. The van der Waals surface area contributed by atoms with Crippen molar-refractivity contribution < 1.29 is 9.59 Å². The van der Waals surface area contributed by atoms with Crippen LogP contribution < -0.4 is 10.2 Å². The average Bonchev–Trinajstić information content (AvgIpc) is 3.13. The van der Waals surface area contributed by atoms with Gasteiger partial charge in [0.05, 0.1) is 5.69 Å². The van der Waals surface area contributed by atoms with Gasteiger partial charge in [-0.05, 0) is 54.7 Å². The molecule has 1 aliphatic heterocycles. The van der Waals surface area contributed by atoms with Crippen LogP contribution in [0, 0.1) is 11.8 Å². The Labute approximate surface area is 170 Å². The zero-order valence-corrected chi connectivity index (χ0v) is 17.0. The van der Waals surface area contributed by atoms with Gasteiger partial charge < -0.3 is 9.88 Å². The van der Waals surface area contributed by atoms with E-state index >= 15 is 0 Å². The van der Waals surface area contributed by atoms with Gasteiger partial charge in [0, 0.05) is 22.9 Å². The van der Waals surface area contributed by atoms with Gasteiger partial charge in [-0.25, -0.2) is 0 Å². The van der Waals surface area contributed by atoms with Gasteiger partial charge in [-0.15, -0.1) is 0 Å². The van der Waals surface area contributed by atoms with Crippen LogP contribution in [0.5, 0.6) is 0 Å². The number of rotatable bonds is 3. The lowest BCUT2D eigenvalue weighted by Crippen LogP contribution is -2.53. The monoisotopic (exact) mass is 399 g/mol. The zero-order chi connectivity index (χ0) is 19.8. The summed E-state index contributed by atoms with van der Waals surface area (Å²) in [7, 11) is 0. The van der Waals surface area contributed by atoms with Crippen molar-refractivity contribution in [3.05, 3.63) is 53.3 Å². The van der Waals surface area contributed by atoms with Crippen molar-refractivity contribution in [3.63, 3.8) is 0 Å². The Kier molecular flexibility index (Phi) is 5.19. The second kappa shape index (κ2) is 7.63. The van der Waals surface area contributed by atoms with Crippen molar-refractivity contribution in [2.24, 2.45) is 11.8 Å². The lowest BCUT2D eigenvalue weighted by atomic mass is 9.78.